The average Bonchev–Trinajstić information content (AvgIpc) is 1.59. The van der Waals surface area contributed by atoms with E-state index in [2.05, 4.69) is 81.3 Å². The van der Waals surface area contributed by atoms with Crippen molar-refractivity contribution in [2.45, 2.75) is 58.0 Å². The molecule has 0 unspecified atom stereocenters. The molecule has 20 rings (SSSR count). The summed E-state index contributed by atoms with van der Waals surface area (Å²) in [7, 11) is 4.21. The summed E-state index contributed by atoms with van der Waals surface area (Å²) in [5, 5.41) is 58.8. The number of hydrogen-bond acceptors (Lipinski definition) is 19. The summed E-state index contributed by atoms with van der Waals surface area (Å²) in [5.41, 5.74) is 20.5. The Bertz CT molecular complexity index is 6650. The lowest BCUT2D eigenvalue weighted by atomic mass is 10.1. The van der Waals surface area contributed by atoms with Crippen LogP contribution in [0.2, 0.25) is 20.1 Å². The first kappa shape index (κ1) is 84.7. The minimum Gasteiger partial charge on any atom is -0.372 e. The lowest BCUT2D eigenvalue weighted by molar-refractivity contribution is -0.134. The van der Waals surface area contributed by atoms with Crippen LogP contribution in [0.15, 0.2) is 255 Å². The molecule has 0 radical (unpaired) electrons. The van der Waals surface area contributed by atoms with E-state index in [1.54, 1.807) is 14.0 Å². The minimum atomic E-state index is -0.515. The minimum absolute atomic E-state index is 0.00423. The fourth-order valence-corrected chi connectivity index (χ4v) is 17.7. The number of likely N-dealkylation sites (N-methyl/N-ethyl adjacent to an activating group) is 2. The van der Waals surface area contributed by atoms with Gasteiger partial charge in [0.05, 0.1) is 41.6 Å². The average molecular weight is 1760 g/mol. The van der Waals surface area contributed by atoms with Crippen molar-refractivity contribution in [2.75, 3.05) is 79.5 Å². The molecule has 0 aliphatic carbocycles. The molecular formula is C95H87Cl4N23O4. The number of amides is 4. The highest BCUT2D eigenvalue weighted by atomic mass is 35.5. The number of fused-ring (bicyclic) bond motifs is 6. The van der Waals surface area contributed by atoms with Crippen molar-refractivity contribution in [3.8, 4) is 90.1 Å². The van der Waals surface area contributed by atoms with Gasteiger partial charge in [0.1, 0.15) is 71.7 Å². The lowest BCUT2D eigenvalue weighted by Crippen LogP contribution is -2.48. The molecule has 4 saturated heterocycles. The fraction of sp³-hybridized carbons (Fsp3) is 0.221. The third-order valence-electron chi connectivity index (χ3n) is 23.0. The van der Waals surface area contributed by atoms with E-state index in [0.717, 1.165) is 109 Å². The Morgan fingerprint density at radius 1 is 0.333 bits per heavy atom. The van der Waals surface area contributed by atoms with Crippen LogP contribution < -0.4 is 5.73 Å². The monoisotopic (exact) mass is 1750 g/mol. The normalized spacial score (nSPS) is 15.2. The molecule has 2 bridgehead atoms. The Labute approximate surface area is 746 Å². The number of halogens is 4. The molecule has 126 heavy (non-hydrogen) atoms. The van der Waals surface area contributed by atoms with E-state index in [1.807, 2.05) is 264 Å². The van der Waals surface area contributed by atoms with Gasteiger partial charge in [0.15, 0.2) is 22.6 Å². The largest absolute Gasteiger partial charge is 0.372 e. The Kier molecular flexibility index (Phi) is 25.5. The number of nitrogens with zero attached hydrogens (tertiary/aromatic N) is 22. The van der Waals surface area contributed by atoms with Crippen LogP contribution in [-0.4, -0.2) is 225 Å². The Hall–Kier alpha value is -13.5. The highest BCUT2D eigenvalue weighted by molar-refractivity contribution is 6.40. The maximum atomic E-state index is 13.2. The molecule has 2 N–H and O–H groups in total. The van der Waals surface area contributed by atoms with Gasteiger partial charge in [0, 0.05) is 121 Å². The number of carbonyl (C=O) groups is 4. The molecule has 0 saturated carbocycles. The molecule has 4 amide bonds. The fourth-order valence-electron chi connectivity index (χ4n) is 16.4. The summed E-state index contributed by atoms with van der Waals surface area (Å²) < 4.78 is 6.36. The second-order valence-electron chi connectivity index (χ2n) is 31.3. The summed E-state index contributed by atoms with van der Waals surface area (Å²) >= 11 is 27.4. The number of primary amides is 1. The molecule has 4 fully saturated rings. The van der Waals surface area contributed by atoms with Crippen molar-refractivity contribution in [3.63, 3.8) is 0 Å². The number of allylic oxidation sites excluding steroid dienone is 1. The number of piperazine rings is 2. The number of aromatic nitrogens is 16. The quantitative estimate of drug-likeness (QED) is 0.0886. The van der Waals surface area contributed by atoms with Crippen molar-refractivity contribution in [1.82, 2.24) is 109 Å². The topological polar surface area (TPSA) is 288 Å². The van der Waals surface area contributed by atoms with E-state index in [0.29, 0.717) is 135 Å². The van der Waals surface area contributed by atoms with Gasteiger partial charge in [-0.1, -0.05) is 296 Å². The second-order valence-corrected chi connectivity index (χ2v) is 32.8. The number of benzene rings is 8. The van der Waals surface area contributed by atoms with E-state index in [4.69, 9.17) is 67.4 Å². The van der Waals surface area contributed by atoms with Crippen molar-refractivity contribution in [2.24, 2.45) is 5.73 Å². The van der Waals surface area contributed by atoms with Crippen LogP contribution in [0.25, 0.3) is 134 Å². The van der Waals surface area contributed by atoms with Crippen molar-refractivity contribution < 1.29 is 19.2 Å². The number of carbonyl (C=O) groups excluding carboxylic acids is 4. The van der Waals surface area contributed by atoms with Gasteiger partial charge in [0.2, 0.25) is 23.6 Å². The van der Waals surface area contributed by atoms with Gasteiger partial charge >= 0.3 is 0 Å². The molecule has 31 heteroatoms. The second kappa shape index (κ2) is 37.9. The van der Waals surface area contributed by atoms with Crippen LogP contribution in [-0.2, 0) is 45.4 Å². The third-order valence-corrected chi connectivity index (χ3v) is 24.5. The zero-order valence-electron chi connectivity index (χ0n) is 69.3. The molecule has 634 valence electrons. The van der Waals surface area contributed by atoms with Crippen LogP contribution in [0.1, 0.15) is 19.8 Å². The summed E-state index contributed by atoms with van der Waals surface area (Å²) in [4.78, 5) is 63.5. The summed E-state index contributed by atoms with van der Waals surface area (Å²) in [6.07, 6.45) is 2.01. The lowest BCUT2D eigenvalue weighted by Gasteiger charge is -2.36. The molecule has 4 aliphatic rings. The number of rotatable bonds is 17. The van der Waals surface area contributed by atoms with E-state index < -0.39 is 5.91 Å². The zero-order chi connectivity index (χ0) is 87.1. The maximum absolute atomic E-state index is 13.2. The number of nitrogens with two attached hydrogens (primary N) is 1. The van der Waals surface area contributed by atoms with E-state index in [1.165, 1.54) is 4.68 Å². The van der Waals surface area contributed by atoms with Gasteiger partial charge in [-0.05, 0) is 40.4 Å². The maximum Gasteiger partial charge on any atom is 0.244 e. The van der Waals surface area contributed by atoms with Crippen LogP contribution in [0.3, 0.4) is 0 Å². The zero-order valence-corrected chi connectivity index (χ0v) is 72.4. The summed E-state index contributed by atoms with van der Waals surface area (Å²) in [6, 6.07) is 78.6. The van der Waals surface area contributed by atoms with Crippen LogP contribution in [0.5, 0.6) is 0 Å². The van der Waals surface area contributed by atoms with Gasteiger partial charge < -0.3 is 30.2 Å². The highest BCUT2D eigenvalue weighted by Gasteiger charge is 2.44. The first-order valence-electron chi connectivity index (χ1n) is 41.5. The molecule has 4 aliphatic heterocycles. The first-order valence-corrected chi connectivity index (χ1v) is 43.0. The van der Waals surface area contributed by atoms with Crippen molar-refractivity contribution >= 4 is 114 Å². The predicted octanol–water partition coefficient (Wildman–Crippen LogP) is 15.5. The Morgan fingerprint density at radius 3 is 0.881 bits per heavy atom. The van der Waals surface area contributed by atoms with Crippen molar-refractivity contribution in [3.05, 3.63) is 275 Å². The molecular weight excluding hydrogens is 1670 g/mol. The summed E-state index contributed by atoms with van der Waals surface area (Å²) in [5.74, 6) is -0.432. The van der Waals surface area contributed by atoms with E-state index >= 15 is 0 Å². The van der Waals surface area contributed by atoms with Gasteiger partial charge in [-0.25, -0.2) is 18.7 Å². The SMILES string of the molecule is C=C(C)N1CCN(C(=O)Cn2nc(-c3ccccc3)c3c(Cl)c(-c4ccccc4)nnc32)CC1.CN1CCCN(C(=O)Cn2nc(-c3ccccc3)c3c(Cl)c(-c4ccccc4)nnc32)CC1.CN1C[C@H]2C[C@@H]1CN2C(=O)Cn1nc(-c2ccccc2)c2c(Cl)c(-c3ccccc3)nnc21.NC(=O)Cn1nc(-c2ccccc2)c2c(Cl)c(-c3ccccc3)nnc21. The van der Waals surface area contributed by atoms with Crippen molar-refractivity contribution in [1.29, 1.82) is 0 Å². The molecule has 8 aromatic carbocycles. The van der Waals surface area contributed by atoms with Gasteiger partial charge in [0.25, 0.3) is 0 Å². The Morgan fingerprint density at radius 2 is 0.603 bits per heavy atom. The van der Waals surface area contributed by atoms with Crippen LogP contribution in [0.4, 0.5) is 0 Å². The predicted molar refractivity (Wildman–Crippen MR) is 492 cm³/mol. The molecule has 12 heterocycles. The van der Waals surface area contributed by atoms with Gasteiger partial charge in [-0.2, -0.15) is 20.4 Å². The number of likely N-dealkylation sites (tertiary alicyclic amines) is 2. The standard InChI is InChI=1S/C26H25ClN6O.C25H23ClN6O.C25H25ClN6O.C19H14ClN5O/c1-18(2)31-13-15-32(16-14-31)21(34)17-33-26-22(24(30-33)19-9-5-3-6-10-19)23(27)25(28-29-26)20-11-7-4-8-12-20;1-30-13-19-12-18(30)14-31(19)20(33)15-32-25-21(23(29-32)16-8-4-2-5-9-16)22(26)24(27-28-25)17-10-6-3-7-11-17;1-30-13-8-14-31(16-15-30)20(33)17-32-25-21(23(29-32)18-9-4-2-5-10-18)22(26)24(27-28-25)19-11-6-3-7-12-19;20-16-15-17(12-7-3-1-4-8-12)24-25(11-14(21)26)19(15)23-22-18(16)13-9-5-2-6-10-13/h3-12H,1,13-17H2,2H3;2-11,18-19H,12-15H2,1H3;2-7,9-12H,8,13-17H2,1H3;1-10H,11H2,(H2,21,26)/t;18-,19-;;/m.1../s1. The smallest absolute Gasteiger partial charge is 0.244 e. The molecule has 16 aromatic rings. The highest BCUT2D eigenvalue weighted by Crippen LogP contribution is 2.43. The molecule has 8 aromatic heterocycles. The molecule has 0 spiro atoms. The summed E-state index contributed by atoms with van der Waals surface area (Å²) in [6.45, 7) is 14.1. The van der Waals surface area contributed by atoms with Gasteiger partial charge in [-0.3, -0.25) is 24.1 Å². The van der Waals surface area contributed by atoms with Crippen LogP contribution in [0, 0.1) is 0 Å². The third kappa shape index (κ3) is 18.0. The molecule has 27 nitrogen and oxygen atoms in total. The van der Waals surface area contributed by atoms with E-state index in [9.17, 15) is 19.2 Å². The van der Waals surface area contributed by atoms with Gasteiger partial charge in [-0.15, -0.1) is 40.8 Å². The molecule has 2 atom stereocenters. The van der Waals surface area contributed by atoms with E-state index in [-0.39, 0.29) is 49.9 Å². The Balaban J connectivity index is 0.000000119. The van der Waals surface area contributed by atoms with Crippen LogP contribution >= 0.6 is 46.4 Å². The number of hydrogen-bond donors (Lipinski definition) is 1. The first-order chi connectivity index (χ1) is 61.4.